The number of thiophene rings is 1. The number of aryl methyl sites for hydroxylation is 2. The zero-order valence-electron chi connectivity index (χ0n) is 21.0. The Morgan fingerprint density at radius 1 is 1.05 bits per heavy atom. The van der Waals surface area contributed by atoms with Gasteiger partial charge in [0.05, 0.1) is 24.3 Å². The molecule has 9 nitrogen and oxygen atoms in total. The van der Waals surface area contributed by atoms with Crippen LogP contribution in [0.1, 0.15) is 63.0 Å². The summed E-state index contributed by atoms with van der Waals surface area (Å²) in [7, 11) is 0. The van der Waals surface area contributed by atoms with Gasteiger partial charge in [0.25, 0.3) is 0 Å². The number of esters is 1. The van der Waals surface area contributed by atoms with Gasteiger partial charge in [0.15, 0.2) is 5.82 Å². The van der Waals surface area contributed by atoms with Gasteiger partial charge in [0.2, 0.25) is 5.91 Å². The Labute approximate surface area is 218 Å². The quantitative estimate of drug-likeness (QED) is 0.383. The molecule has 1 aliphatic heterocycles. The van der Waals surface area contributed by atoms with Crippen molar-refractivity contribution in [1.29, 1.82) is 0 Å². The van der Waals surface area contributed by atoms with Crippen LogP contribution in [0.15, 0.2) is 47.7 Å². The van der Waals surface area contributed by atoms with E-state index in [1.54, 1.807) is 30.5 Å². The number of fused-ring (bicyclic) bond motifs is 3. The van der Waals surface area contributed by atoms with E-state index in [0.717, 1.165) is 44.4 Å². The standard InChI is InChI=1S/C27H26N6O3S/c1-5-36-22(34)11-21-26-32-31-16(4)33(26)27-23(14(2)15(3)37-27)24(30-21)18-8-6-17(7-9-18)19-10-20(25(28)35)13-29-12-19/h6-10,12-13,21H,5,11H2,1-4H3,(H2,28,35)/t21-/m0/s1. The van der Waals surface area contributed by atoms with Gasteiger partial charge in [-0.15, -0.1) is 21.5 Å². The molecule has 2 N–H and O–H groups in total. The summed E-state index contributed by atoms with van der Waals surface area (Å²) in [6.07, 6.45) is 3.21. The molecule has 1 atom stereocenters. The molecule has 1 aliphatic rings. The molecule has 0 fully saturated rings. The number of hydrogen-bond donors (Lipinski definition) is 1. The summed E-state index contributed by atoms with van der Waals surface area (Å²) in [5.41, 5.74) is 11.3. The number of ether oxygens (including phenoxy) is 1. The predicted molar refractivity (Wildman–Crippen MR) is 141 cm³/mol. The fourth-order valence-corrected chi connectivity index (χ4v) is 5.67. The van der Waals surface area contributed by atoms with Crippen LogP contribution in [0.2, 0.25) is 0 Å². The molecular weight excluding hydrogens is 488 g/mol. The summed E-state index contributed by atoms with van der Waals surface area (Å²) < 4.78 is 7.25. The normalized spacial score (nSPS) is 14.4. The zero-order chi connectivity index (χ0) is 26.3. The Morgan fingerprint density at radius 2 is 1.78 bits per heavy atom. The number of primary amides is 1. The van der Waals surface area contributed by atoms with Crippen molar-refractivity contribution in [3.63, 3.8) is 0 Å². The lowest BCUT2D eigenvalue weighted by atomic mass is 9.97. The SMILES string of the molecule is CCOC(=O)C[C@@H]1N=C(c2ccc(-c3cncc(C(N)=O)c3)cc2)c2c(sc(C)c2C)-n2c(C)nnc21. The topological polar surface area (TPSA) is 125 Å². The molecule has 37 heavy (non-hydrogen) atoms. The number of pyridine rings is 1. The lowest BCUT2D eigenvalue weighted by molar-refractivity contribution is -0.143. The fourth-order valence-electron chi connectivity index (χ4n) is 4.46. The second-order valence-electron chi connectivity index (χ2n) is 8.81. The molecule has 1 aromatic carbocycles. The number of hydrogen-bond acceptors (Lipinski definition) is 8. The van der Waals surface area contributed by atoms with E-state index in [1.807, 2.05) is 35.8 Å². The molecule has 1 amide bonds. The van der Waals surface area contributed by atoms with Crippen molar-refractivity contribution in [2.75, 3.05) is 6.61 Å². The predicted octanol–water partition coefficient (Wildman–Crippen LogP) is 4.26. The third-order valence-corrected chi connectivity index (χ3v) is 7.61. The van der Waals surface area contributed by atoms with Gasteiger partial charge in [0.1, 0.15) is 16.9 Å². The number of nitrogens with zero attached hydrogens (tertiary/aromatic N) is 5. The molecule has 0 radical (unpaired) electrons. The van der Waals surface area contributed by atoms with E-state index in [1.165, 1.54) is 11.1 Å². The highest BCUT2D eigenvalue weighted by molar-refractivity contribution is 7.15. The average molecular weight is 515 g/mol. The molecule has 0 aliphatic carbocycles. The first-order valence-electron chi connectivity index (χ1n) is 11.9. The van der Waals surface area contributed by atoms with Crippen LogP contribution in [-0.4, -0.2) is 43.9 Å². The maximum Gasteiger partial charge on any atom is 0.308 e. The minimum absolute atomic E-state index is 0.0616. The van der Waals surface area contributed by atoms with Gasteiger partial charge in [-0.05, 0) is 44.9 Å². The van der Waals surface area contributed by atoms with Gasteiger partial charge in [-0.25, -0.2) is 0 Å². The summed E-state index contributed by atoms with van der Waals surface area (Å²) in [4.78, 5) is 34.5. The van der Waals surface area contributed by atoms with Crippen molar-refractivity contribution in [1.82, 2.24) is 19.7 Å². The highest BCUT2D eigenvalue weighted by Gasteiger charge is 2.32. The van der Waals surface area contributed by atoms with Crippen LogP contribution in [0.5, 0.6) is 0 Å². The lowest BCUT2D eigenvalue weighted by Crippen LogP contribution is -2.13. The number of aliphatic imine (C=N–C) groups is 1. The van der Waals surface area contributed by atoms with E-state index in [-0.39, 0.29) is 12.4 Å². The van der Waals surface area contributed by atoms with E-state index in [2.05, 4.69) is 29.0 Å². The summed E-state index contributed by atoms with van der Waals surface area (Å²) >= 11 is 1.66. The van der Waals surface area contributed by atoms with Gasteiger partial charge in [-0.3, -0.25) is 24.1 Å². The highest BCUT2D eigenvalue weighted by Crippen LogP contribution is 2.39. The molecular formula is C27H26N6O3S. The molecule has 188 valence electrons. The molecule has 0 bridgehead atoms. The second-order valence-corrected chi connectivity index (χ2v) is 10.0. The Bertz CT molecular complexity index is 1550. The zero-order valence-corrected chi connectivity index (χ0v) is 21.8. The van der Waals surface area contributed by atoms with Crippen molar-refractivity contribution in [2.24, 2.45) is 10.7 Å². The Kier molecular flexibility index (Phi) is 6.43. The van der Waals surface area contributed by atoms with Gasteiger partial charge in [-0.2, -0.15) is 0 Å². The first-order chi connectivity index (χ1) is 17.8. The molecule has 5 rings (SSSR count). The van der Waals surface area contributed by atoms with Crippen molar-refractivity contribution < 1.29 is 14.3 Å². The van der Waals surface area contributed by atoms with Crippen LogP contribution in [0.25, 0.3) is 16.1 Å². The minimum atomic E-state index is -0.550. The van der Waals surface area contributed by atoms with Gasteiger partial charge in [0, 0.05) is 34.0 Å². The van der Waals surface area contributed by atoms with E-state index in [9.17, 15) is 9.59 Å². The summed E-state index contributed by atoms with van der Waals surface area (Å²) in [6.45, 7) is 8.16. The molecule has 0 saturated heterocycles. The number of benzene rings is 1. The van der Waals surface area contributed by atoms with Crippen LogP contribution in [0.4, 0.5) is 0 Å². The summed E-state index contributed by atoms with van der Waals surface area (Å²) in [6, 6.07) is 9.08. The van der Waals surface area contributed by atoms with Crippen molar-refractivity contribution in [3.05, 3.63) is 81.5 Å². The third-order valence-electron chi connectivity index (χ3n) is 6.42. The van der Waals surface area contributed by atoms with Crippen LogP contribution in [0.3, 0.4) is 0 Å². The Morgan fingerprint density at radius 3 is 2.49 bits per heavy atom. The Hall–Kier alpha value is -4.18. The molecule has 0 unspecified atom stereocenters. The summed E-state index contributed by atoms with van der Waals surface area (Å²) in [5, 5.41) is 9.70. The minimum Gasteiger partial charge on any atom is -0.466 e. The number of aromatic nitrogens is 4. The first-order valence-corrected chi connectivity index (χ1v) is 12.7. The monoisotopic (exact) mass is 514 g/mol. The van der Waals surface area contributed by atoms with Gasteiger partial charge in [-0.1, -0.05) is 24.3 Å². The fraction of sp³-hybridized carbons (Fsp3) is 0.259. The van der Waals surface area contributed by atoms with Crippen molar-refractivity contribution >= 4 is 28.9 Å². The average Bonchev–Trinajstić information content (AvgIpc) is 3.36. The second kappa shape index (κ2) is 9.70. The van der Waals surface area contributed by atoms with E-state index < -0.39 is 11.9 Å². The lowest BCUT2D eigenvalue weighted by Gasteiger charge is -2.12. The summed E-state index contributed by atoms with van der Waals surface area (Å²) in [5.74, 6) is 0.497. The van der Waals surface area contributed by atoms with Gasteiger partial charge < -0.3 is 10.5 Å². The van der Waals surface area contributed by atoms with Crippen LogP contribution in [-0.2, 0) is 9.53 Å². The number of rotatable bonds is 6. The molecule has 3 aromatic heterocycles. The molecule has 4 aromatic rings. The maximum atomic E-state index is 12.5. The molecule has 0 saturated carbocycles. The van der Waals surface area contributed by atoms with Crippen molar-refractivity contribution in [3.8, 4) is 16.1 Å². The van der Waals surface area contributed by atoms with Crippen LogP contribution < -0.4 is 5.73 Å². The highest BCUT2D eigenvalue weighted by atomic mass is 32.1. The Balaban J connectivity index is 1.64. The van der Waals surface area contributed by atoms with Crippen LogP contribution >= 0.6 is 11.3 Å². The van der Waals surface area contributed by atoms with E-state index >= 15 is 0 Å². The number of carbonyl (C=O) groups is 2. The smallest absolute Gasteiger partial charge is 0.308 e. The number of nitrogens with two attached hydrogens (primary N) is 1. The van der Waals surface area contributed by atoms with Gasteiger partial charge >= 0.3 is 5.97 Å². The molecule has 0 spiro atoms. The van der Waals surface area contributed by atoms with Crippen molar-refractivity contribution in [2.45, 2.75) is 40.2 Å². The van der Waals surface area contributed by atoms with E-state index in [0.29, 0.717) is 18.0 Å². The number of amides is 1. The third kappa shape index (κ3) is 4.44. The van der Waals surface area contributed by atoms with Crippen LogP contribution in [0, 0.1) is 20.8 Å². The molecule has 4 heterocycles. The number of carbonyl (C=O) groups excluding carboxylic acids is 2. The van der Waals surface area contributed by atoms with E-state index in [4.69, 9.17) is 15.5 Å². The molecule has 10 heteroatoms. The first kappa shape index (κ1) is 24.5. The largest absolute Gasteiger partial charge is 0.466 e. The maximum absolute atomic E-state index is 12.5.